The number of ether oxygens (including phenoxy) is 1. The van der Waals surface area contributed by atoms with E-state index in [2.05, 4.69) is 5.32 Å². The van der Waals surface area contributed by atoms with Crippen molar-refractivity contribution in [2.24, 2.45) is 0 Å². The van der Waals surface area contributed by atoms with Crippen LogP contribution >= 0.6 is 0 Å². The number of nitrogens with zero attached hydrogens (tertiary/aromatic N) is 1. The predicted octanol–water partition coefficient (Wildman–Crippen LogP) is 3.57. The Morgan fingerprint density at radius 1 is 1.08 bits per heavy atom. The molecule has 1 saturated heterocycles. The van der Waals surface area contributed by atoms with Crippen molar-refractivity contribution >= 4 is 18.1 Å². The standard InChI is InChI=1S/C21H22N2O3/c24-20(14-13-17-8-3-1-4-9-17)23-15-7-12-19(23)22-21(25)26-16-18-10-5-2-6-11-18/h1-6,8-11,13-14,19H,7,12,15-16H2,(H,22,25)/b14-13+/t19-/m1/s1. The zero-order chi connectivity index (χ0) is 18.2. The van der Waals surface area contributed by atoms with Gasteiger partial charge in [0.1, 0.15) is 12.8 Å². The van der Waals surface area contributed by atoms with Crippen molar-refractivity contribution in [1.82, 2.24) is 10.2 Å². The number of alkyl carbamates (subject to hydrolysis) is 1. The van der Waals surface area contributed by atoms with Crippen LogP contribution in [0.2, 0.25) is 0 Å². The largest absolute Gasteiger partial charge is 0.445 e. The SMILES string of the molecule is O=C(N[C@H]1CCCN1C(=O)/C=C/c1ccccc1)OCc1ccccc1. The number of amides is 2. The number of rotatable bonds is 5. The minimum absolute atomic E-state index is 0.111. The van der Waals surface area contributed by atoms with Crippen LogP contribution in [0.5, 0.6) is 0 Å². The van der Waals surface area contributed by atoms with Crippen molar-refractivity contribution in [2.45, 2.75) is 25.6 Å². The Hall–Kier alpha value is -3.08. The number of hydrogen-bond acceptors (Lipinski definition) is 3. The highest BCUT2D eigenvalue weighted by molar-refractivity contribution is 5.92. The molecule has 0 unspecified atom stereocenters. The van der Waals surface area contributed by atoms with Gasteiger partial charge in [-0.15, -0.1) is 0 Å². The molecule has 1 aliphatic rings. The van der Waals surface area contributed by atoms with Crippen molar-refractivity contribution in [3.8, 4) is 0 Å². The molecule has 1 fully saturated rings. The van der Waals surface area contributed by atoms with E-state index in [1.54, 1.807) is 17.1 Å². The second-order valence-corrected chi connectivity index (χ2v) is 6.14. The normalized spacial score (nSPS) is 16.6. The molecule has 0 bridgehead atoms. The van der Waals surface area contributed by atoms with Gasteiger partial charge in [-0.05, 0) is 30.0 Å². The summed E-state index contributed by atoms with van der Waals surface area (Å²) in [6.07, 6.45) is 4.08. The highest BCUT2D eigenvalue weighted by Crippen LogP contribution is 2.16. The first-order valence-electron chi connectivity index (χ1n) is 8.73. The molecular formula is C21H22N2O3. The zero-order valence-electron chi connectivity index (χ0n) is 14.5. The summed E-state index contributed by atoms with van der Waals surface area (Å²) in [7, 11) is 0. The fraction of sp³-hybridized carbons (Fsp3) is 0.238. The van der Waals surface area contributed by atoms with Gasteiger partial charge in [0, 0.05) is 12.6 Å². The molecule has 0 spiro atoms. The van der Waals surface area contributed by atoms with Crippen LogP contribution in [0.15, 0.2) is 66.7 Å². The Balaban J connectivity index is 1.51. The maximum absolute atomic E-state index is 12.4. The smallest absolute Gasteiger partial charge is 0.409 e. The summed E-state index contributed by atoms with van der Waals surface area (Å²) in [5.74, 6) is -0.111. The Morgan fingerprint density at radius 3 is 2.50 bits per heavy atom. The molecular weight excluding hydrogens is 328 g/mol. The lowest BCUT2D eigenvalue weighted by Gasteiger charge is -2.24. The molecule has 134 valence electrons. The molecule has 0 aromatic heterocycles. The number of hydrogen-bond donors (Lipinski definition) is 1. The third kappa shape index (κ3) is 4.96. The minimum Gasteiger partial charge on any atom is -0.445 e. The van der Waals surface area contributed by atoms with Gasteiger partial charge in [-0.3, -0.25) is 4.79 Å². The molecule has 0 saturated carbocycles. The number of carbonyl (C=O) groups is 2. The molecule has 1 aliphatic heterocycles. The van der Waals surface area contributed by atoms with Crippen molar-refractivity contribution in [3.63, 3.8) is 0 Å². The molecule has 0 aliphatic carbocycles. The Bertz CT molecular complexity index is 759. The number of nitrogens with one attached hydrogen (secondary N) is 1. The van der Waals surface area contributed by atoms with E-state index >= 15 is 0 Å². The Morgan fingerprint density at radius 2 is 1.77 bits per heavy atom. The third-order valence-corrected chi connectivity index (χ3v) is 4.25. The number of benzene rings is 2. The fourth-order valence-electron chi connectivity index (χ4n) is 2.91. The van der Waals surface area contributed by atoms with Gasteiger partial charge in [-0.1, -0.05) is 60.7 Å². The summed E-state index contributed by atoms with van der Waals surface area (Å²) in [6.45, 7) is 0.836. The summed E-state index contributed by atoms with van der Waals surface area (Å²) < 4.78 is 5.24. The first-order chi connectivity index (χ1) is 12.7. The van der Waals surface area contributed by atoms with E-state index < -0.39 is 6.09 Å². The van der Waals surface area contributed by atoms with E-state index in [9.17, 15) is 9.59 Å². The van der Waals surface area contributed by atoms with Crippen LogP contribution in [0, 0.1) is 0 Å². The lowest BCUT2D eigenvalue weighted by molar-refractivity contribution is -0.127. The van der Waals surface area contributed by atoms with Crippen molar-refractivity contribution in [2.75, 3.05) is 6.54 Å². The second kappa shape index (κ2) is 8.85. The van der Waals surface area contributed by atoms with Gasteiger partial charge in [0.25, 0.3) is 0 Å². The van der Waals surface area contributed by atoms with Crippen molar-refractivity contribution in [1.29, 1.82) is 0 Å². The van der Waals surface area contributed by atoms with E-state index in [-0.39, 0.29) is 18.7 Å². The number of carbonyl (C=O) groups excluding carboxylic acids is 2. The Labute approximate surface area is 153 Å². The van der Waals surface area contributed by atoms with Gasteiger partial charge in [0.2, 0.25) is 5.91 Å². The first-order valence-corrected chi connectivity index (χ1v) is 8.73. The van der Waals surface area contributed by atoms with Crippen LogP contribution in [0.25, 0.3) is 6.08 Å². The van der Waals surface area contributed by atoms with Crippen molar-refractivity contribution < 1.29 is 14.3 Å². The third-order valence-electron chi connectivity index (χ3n) is 4.25. The minimum atomic E-state index is -0.509. The van der Waals surface area contributed by atoms with Gasteiger partial charge in [0.05, 0.1) is 0 Å². The fourth-order valence-corrected chi connectivity index (χ4v) is 2.91. The molecule has 2 aromatic carbocycles. The van der Waals surface area contributed by atoms with Crippen LogP contribution < -0.4 is 5.32 Å². The average molecular weight is 350 g/mol. The van der Waals surface area contributed by atoms with Crippen LogP contribution in [0.1, 0.15) is 24.0 Å². The summed E-state index contributed by atoms with van der Waals surface area (Å²) >= 11 is 0. The molecule has 5 heteroatoms. The van der Waals surface area contributed by atoms with Crippen LogP contribution in [-0.4, -0.2) is 29.6 Å². The van der Waals surface area contributed by atoms with Crippen LogP contribution in [0.4, 0.5) is 4.79 Å². The molecule has 2 aromatic rings. The molecule has 1 heterocycles. The van der Waals surface area contributed by atoms with E-state index in [0.29, 0.717) is 6.54 Å². The molecule has 3 rings (SSSR count). The van der Waals surface area contributed by atoms with Crippen LogP contribution in [-0.2, 0) is 16.1 Å². The second-order valence-electron chi connectivity index (χ2n) is 6.14. The summed E-state index contributed by atoms with van der Waals surface area (Å²) in [6, 6.07) is 19.1. The van der Waals surface area contributed by atoms with Gasteiger partial charge in [-0.25, -0.2) is 4.79 Å². The first kappa shape index (κ1) is 17.7. The molecule has 5 nitrogen and oxygen atoms in total. The van der Waals surface area contributed by atoms with E-state index in [4.69, 9.17) is 4.74 Å². The van der Waals surface area contributed by atoms with Gasteiger partial charge in [-0.2, -0.15) is 0 Å². The van der Waals surface area contributed by atoms with Crippen LogP contribution in [0.3, 0.4) is 0 Å². The average Bonchev–Trinajstić information content (AvgIpc) is 3.14. The maximum Gasteiger partial charge on any atom is 0.409 e. The highest BCUT2D eigenvalue weighted by Gasteiger charge is 2.29. The molecule has 2 amide bonds. The lowest BCUT2D eigenvalue weighted by atomic mass is 10.2. The van der Waals surface area contributed by atoms with Gasteiger partial charge < -0.3 is 15.0 Å². The predicted molar refractivity (Wildman–Crippen MR) is 100.0 cm³/mol. The van der Waals surface area contributed by atoms with Gasteiger partial charge >= 0.3 is 6.09 Å². The molecule has 26 heavy (non-hydrogen) atoms. The maximum atomic E-state index is 12.4. The van der Waals surface area contributed by atoms with E-state index in [1.807, 2.05) is 60.7 Å². The van der Waals surface area contributed by atoms with Crippen molar-refractivity contribution in [3.05, 3.63) is 77.9 Å². The number of likely N-dealkylation sites (tertiary alicyclic amines) is 1. The quantitative estimate of drug-likeness (QED) is 0.839. The van der Waals surface area contributed by atoms with E-state index in [0.717, 1.165) is 24.0 Å². The lowest BCUT2D eigenvalue weighted by Crippen LogP contribution is -2.46. The Kier molecular flexibility index (Phi) is 6.04. The summed E-state index contributed by atoms with van der Waals surface area (Å²) in [5, 5.41) is 2.79. The van der Waals surface area contributed by atoms with Gasteiger partial charge in [0.15, 0.2) is 0 Å². The summed E-state index contributed by atoms with van der Waals surface area (Å²) in [5.41, 5.74) is 1.89. The molecule has 1 atom stereocenters. The molecule has 1 N–H and O–H groups in total. The topological polar surface area (TPSA) is 58.6 Å². The zero-order valence-corrected chi connectivity index (χ0v) is 14.5. The molecule has 0 radical (unpaired) electrons. The van der Waals surface area contributed by atoms with E-state index in [1.165, 1.54) is 0 Å². The monoisotopic (exact) mass is 350 g/mol. The summed E-state index contributed by atoms with van der Waals surface area (Å²) in [4.78, 5) is 26.1. The highest BCUT2D eigenvalue weighted by atomic mass is 16.5.